The maximum atomic E-state index is 12.6. The molecule has 0 saturated carbocycles. The lowest BCUT2D eigenvalue weighted by atomic mass is 9.88. The van der Waals surface area contributed by atoms with Crippen molar-refractivity contribution in [3.8, 4) is 0 Å². The van der Waals surface area contributed by atoms with Gasteiger partial charge in [0, 0.05) is 0 Å². The van der Waals surface area contributed by atoms with Gasteiger partial charge in [-0.3, -0.25) is 5.01 Å². The van der Waals surface area contributed by atoms with E-state index in [0.717, 1.165) is 24.2 Å². The summed E-state index contributed by atoms with van der Waals surface area (Å²) in [5, 5.41) is 4.54. The van der Waals surface area contributed by atoms with Crippen molar-refractivity contribution in [2.75, 3.05) is 6.61 Å². The first-order chi connectivity index (χ1) is 15.2. The number of esters is 1. The van der Waals surface area contributed by atoms with Gasteiger partial charge in [0.25, 0.3) is 0 Å². The highest BCUT2D eigenvalue weighted by Crippen LogP contribution is 2.48. The van der Waals surface area contributed by atoms with Crippen molar-refractivity contribution >= 4 is 16.7 Å². The summed E-state index contributed by atoms with van der Waals surface area (Å²) in [6.07, 6.45) is 1.23. The number of nitrogens with zero attached hydrogens (tertiary/aromatic N) is 1. The third-order valence-electron chi connectivity index (χ3n) is 6.32. The minimum atomic E-state index is -0.327. The number of benzene rings is 3. The van der Waals surface area contributed by atoms with Gasteiger partial charge in [-0.25, -0.2) is 4.79 Å². The van der Waals surface area contributed by atoms with Crippen LogP contribution in [0.2, 0.25) is 0 Å². The topological polar surface area (TPSA) is 66.1 Å². The molecule has 3 aromatic carbocycles. The van der Waals surface area contributed by atoms with Crippen molar-refractivity contribution in [1.82, 2.24) is 16.0 Å². The fourth-order valence-corrected chi connectivity index (χ4v) is 4.64. The molecule has 3 aliphatic rings. The Bertz CT molecular complexity index is 1190. The summed E-state index contributed by atoms with van der Waals surface area (Å²) in [4.78, 5) is 12.6. The summed E-state index contributed by atoms with van der Waals surface area (Å²) in [6, 6.07) is 24.0. The minimum Gasteiger partial charge on any atom is -0.452 e. The summed E-state index contributed by atoms with van der Waals surface area (Å²) in [5.41, 5.74) is 9.97. The number of hydrogen-bond acceptors (Lipinski definition) is 6. The summed E-state index contributed by atoms with van der Waals surface area (Å²) < 4.78 is 11.8. The number of fused-ring (bicyclic) bond motifs is 2. The van der Waals surface area contributed by atoms with Crippen LogP contribution in [0.3, 0.4) is 0 Å². The van der Waals surface area contributed by atoms with Crippen LogP contribution < -0.4 is 11.0 Å². The molecule has 0 radical (unpaired) electrons. The average Bonchev–Trinajstić information content (AvgIpc) is 3.46. The molecule has 0 bridgehead atoms. The van der Waals surface area contributed by atoms with Crippen molar-refractivity contribution in [3.63, 3.8) is 0 Å². The summed E-state index contributed by atoms with van der Waals surface area (Å²) >= 11 is 0. The van der Waals surface area contributed by atoms with Gasteiger partial charge in [-0.2, -0.15) is 0 Å². The van der Waals surface area contributed by atoms with Crippen molar-refractivity contribution in [2.24, 2.45) is 0 Å². The minimum absolute atomic E-state index is 0.279. The second kappa shape index (κ2) is 7.11. The highest BCUT2D eigenvalue weighted by Gasteiger charge is 2.57. The van der Waals surface area contributed by atoms with Gasteiger partial charge in [0.05, 0.1) is 30.1 Å². The van der Waals surface area contributed by atoms with Gasteiger partial charge in [0.1, 0.15) is 11.7 Å². The van der Waals surface area contributed by atoms with Gasteiger partial charge in [-0.05, 0) is 47.4 Å². The second-order valence-electron chi connectivity index (χ2n) is 8.35. The zero-order valence-corrected chi connectivity index (χ0v) is 17.0. The van der Waals surface area contributed by atoms with Crippen LogP contribution in [-0.4, -0.2) is 29.3 Å². The van der Waals surface area contributed by atoms with E-state index in [1.54, 1.807) is 12.1 Å². The summed E-state index contributed by atoms with van der Waals surface area (Å²) in [5.74, 6) is -0.306. The van der Waals surface area contributed by atoms with Crippen molar-refractivity contribution in [3.05, 3.63) is 95.3 Å². The Morgan fingerprint density at radius 2 is 1.84 bits per heavy atom. The number of ether oxygens (including phenoxy) is 2. The number of hydrogen-bond donors (Lipinski definition) is 2. The van der Waals surface area contributed by atoms with Gasteiger partial charge in [-0.15, -0.1) is 5.53 Å². The largest absolute Gasteiger partial charge is 0.452 e. The molecule has 2 atom stereocenters. The molecule has 6 nitrogen and oxygen atoms in total. The highest BCUT2D eigenvalue weighted by molar-refractivity contribution is 5.89. The van der Waals surface area contributed by atoms with E-state index >= 15 is 0 Å². The Labute approximate surface area is 180 Å². The van der Waals surface area contributed by atoms with Gasteiger partial charge in [0.2, 0.25) is 0 Å². The van der Waals surface area contributed by atoms with Crippen molar-refractivity contribution in [2.45, 2.75) is 31.1 Å². The Balaban J connectivity index is 1.27. The first-order valence-electron chi connectivity index (χ1n) is 10.6. The number of nitrogens with one attached hydrogen (secondary N) is 2. The molecule has 31 heavy (non-hydrogen) atoms. The Hall–Kier alpha value is -3.35. The fraction of sp³-hybridized carbons (Fsp3) is 0.240. The molecule has 1 spiro atoms. The predicted molar refractivity (Wildman–Crippen MR) is 116 cm³/mol. The molecular weight excluding hydrogens is 390 g/mol. The molecule has 1 fully saturated rings. The van der Waals surface area contributed by atoms with Crippen molar-refractivity contribution in [1.29, 1.82) is 0 Å². The lowest BCUT2D eigenvalue weighted by Gasteiger charge is -2.30. The smallest absolute Gasteiger partial charge is 0.338 e. The van der Waals surface area contributed by atoms with E-state index in [0.29, 0.717) is 18.7 Å². The second-order valence-corrected chi connectivity index (χ2v) is 8.35. The SMILES string of the molecule is O=C(O[C@@H]1CC[C@@]2(CO2)C2=C1NNN2Cc1ccc2ccccc2c1)c1ccccc1. The van der Waals surface area contributed by atoms with Gasteiger partial charge < -0.3 is 14.9 Å². The number of carbonyl (C=O) groups excluding carboxylic acids is 1. The quantitative estimate of drug-likeness (QED) is 0.503. The predicted octanol–water partition coefficient (Wildman–Crippen LogP) is 3.66. The van der Waals surface area contributed by atoms with Crippen LogP contribution >= 0.6 is 0 Å². The summed E-state index contributed by atoms with van der Waals surface area (Å²) in [7, 11) is 0. The van der Waals surface area contributed by atoms with E-state index in [-0.39, 0.29) is 17.7 Å². The van der Waals surface area contributed by atoms with Crippen molar-refractivity contribution < 1.29 is 14.3 Å². The lowest BCUT2D eigenvalue weighted by Crippen LogP contribution is -2.40. The molecule has 6 rings (SSSR count). The first-order valence-corrected chi connectivity index (χ1v) is 10.6. The van der Waals surface area contributed by atoms with E-state index < -0.39 is 0 Å². The van der Waals surface area contributed by atoms with E-state index in [2.05, 4.69) is 58.4 Å². The van der Waals surface area contributed by atoms with Crippen LogP contribution in [0.1, 0.15) is 28.8 Å². The molecule has 2 aliphatic heterocycles. The number of carbonyl (C=O) groups is 1. The zero-order chi connectivity index (χ0) is 20.8. The molecule has 6 heteroatoms. The van der Waals surface area contributed by atoms with Crippen LogP contribution in [0.25, 0.3) is 10.8 Å². The van der Waals surface area contributed by atoms with E-state index in [9.17, 15) is 4.79 Å². The number of hydrazine groups is 2. The molecule has 0 amide bonds. The monoisotopic (exact) mass is 413 g/mol. The maximum Gasteiger partial charge on any atom is 0.338 e. The van der Waals surface area contributed by atoms with Crippen LogP contribution in [0.15, 0.2) is 84.2 Å². The van der Waals surface area contributed by atoms with Gasteiger partial charge >= 0.3 is 5.97 Å². The third kappa shape index (κ3) is 3.24. The molecule has 0 aromatic heterocycles. The molecule has 0 unspecified atom stereocenters. The zero-order valence-electron chi connectivity index (χ0n) is 17.0. The molecule has 156 valence electrons. The fourth-order valence-electron chi connectivity index (χ4n) is 4.64. The third-order valence-corrected chi connectivity index (χ3v) is 6.32. The molecular formula is C25H23N3O3. The van der Waals surface area contributed by atoms with Crippen LogP contribution in [0.4, 0.5) is 0 Å². The molecule has 2 heterocycles. The Kier molecular flexibility index (Phi) is 4.23. The normalized spacial score (nSPS) is 24.3. The molecule has 2 N–H and O–H groups in total. The average molecular weight is 413 g/mol. The number of epoxide rings is 1. The molecule has 1 aliphatic carbocycles. The van der Waals surface area contributed by atoms with E-state index in [1.807, 2.05) is 18.2 Å². The van der Waals surface area contributed by atoms with Crippen LogP contribution in [0, 0.1) is 0 Å². The summed E-state index contributed by atoms with van der Waals surface area (Å²) in [6.45, 7) is 1.38. The molecule has 3 aromatic rings. The van der Waals surface area contributed by atoms with E-state index in [1.165, 1.54) is 16.3 Å². The maximum absolute atomic E-state index is 12.6. The first kappa shape index (κ1) is 18.4. The van der Waals surface area contributed by atoms with E-state index in [4.69, 9.17) is 9.47 Å². The lowest BCUT2D eigenvalue weighted by molar-refractivity contribution is 0.0307. The standard InChI is InChI=1S/C25H23N3O3/c29-24(19-7-2-1-3-8-19)31-21-12-13-25(16-30-25)23-22(21)26-27-28(23)15-17-10-11-18-6-4-5-9-20(18)14-17/h1-11,14,21,26-27H,12-13,15-16H2/t21-,25-/m1/s1. The Morgan fingerprint density at radius 3 is 2.65 bits per heavy atom. The van der Waals surface area contributed by atoms with Gasteiger partial charge in [0.15, 0.2) is 0 Å². The van der Waals surface area contributed by atoms with Gasteiger partial charge in [-0.1, -0.05) is 54.6 Å². The highest BCUT2D eigenvalue weighted by atomic mass is 16.6. The number of rotatable bonds is 4. The molecule has 1 saturated heterocycles. The van der Waals surface area contributed by atoms with Crippen LogP contribution in [-0.2, 0) is 16.0 Å². The Morgan fingerprint density at radius 1 is 1.06 bits per heavy atom. The van der Waals surface area contributed by atoms with Crippen LogP contribution in [0.5, 0.6) is 0 Å².